The lowest BCUT2D eigenvalue weighted by molar-refractivity contribution is -0.146. The molecule has 2 fully saturated rings. The summed E-state index contributed by atoms with van der Waals surface area (Å²) in [4.78, 5) is 25.4. The van der Waals surface area contributed by atoms with Gasteiger partial charge in [0, 0.05) is 6.07 Å². The smallest absolute Gasteiger partial charge is 0.310 e. The summed E-state index contributed by atoms with van der Waals surface area (Å²) in [5.74, 6) is -1.79. The van der Waals surface area contributed by atoms with E-state index >= 15 is 0 Å². The van der Waals surface area contributed by atoms with Gasteiger partial charge in [0.05, 0.1) is 18.6 Å². The van der Waals surface area contributed by atoms with Crippen molar-refractivity contribution in [3.05, 3.63) is 24.0 Å². The summed E-state index contributed by atoms with van der Waals surface area (Å²) in [7, 11) is 0. The summed E-state index contributed by atoms with van der Waals surface area (Å²) in [6, 6.07) is 1.65. The van der Waals surface area contributed by atoms with Crippen LogP contribution in [-0.4, -0.2) is 40.4 Å². The second-order valence-corrected chi connectivity index (χ2v) is 5.46. The van der Waals surface area contributed by atoms with Gasteiger partial charge in [0.1, 0.15) is 17.3 Å². The number of ether oxygens (including phenoxy) is 1. The molecule has 4 rings (SSSR count). The van der Waals surface area contributed by atoms with Gasteiger partial charge in [0.25, 0.3) is 0 Å². The molecule has 3 aliphatic heterocycles. The lowest BCUT2D eigenvalue weighted by atomic mass is 9.77. The molecule has 0 aromatic carbocycles. The van der Waals surface area contributed by atoms with Crippen molar-refractivity contribution in [2.24, 2.45) is 11.8 Å². The number of carboxylic acid groups (broad SMARTS) is 1. The maximum absolute atomic E-state index is 12.6. The molecular formula is C13H12N2O5. The summed E-state index contributed by atoms with van der Waals surface area (Å²) in [6.07, 6.45) is 3.04. The Kier molecular flexibility index (Phi) is 2.03. The number of carbonyl (C=O) groups is 2. The third kappa shape index (κ3) is 1.25. The number of carboxylic acids is 1. The molecule has 1 spiro atoms. The molecule has 3 aliphatic rings. The van der Waals surface area contributed by atoms with Crippen LogP contribution in [0.25, 0.3) is 0 Å². The van der Waals surface area contributed by atoms with Crippen molar-refractivity contribution >= 4 is 17.7 Å². The van der Waals surface area contributed by atoms with Crippen LogP contribution in [0.4, 0.5) is 5.82 Å². The molecule has 0 saturated carbocycles. The number of anilines is 1. The molecule has 4 atom stereocenters. The number of aromatic nitrogens is 1. The minimum absolute atomic E-state index is 0.266. The van der Waals surface area contributed by atoms with E-state index in [1.807, 2.05) is 6.08 Å². The quantitative estimate of drug-likeness (QED) is 0.784. The Morgan fingerprint density at radius 2 is 2.40 bits per heavy atom. The fourth-order valence-corrected chi connectivity index (χ4v) is 3.45. The zero-order chi connectivity index (χ0) is 14.1. The molecule has 1 amide bonds. The van der Waals surface area contributed by atoms with Gasteiger partial charge >= 0.3 is 5.97 Å². The van der Waals surface area contributed by atoms with Gasteiger partial charge in [-0.2, -0.15) is 0 Å². The number of hydrogen-bond acceptors (Lipinski definition) is 5. The van der Waals surface area contributed by atoms with Gasteiger partial charge in [-0.1, -0.05) is 17.3 Å². The highest BCUT2D eigenvalue weighted by molar-refractivity contribution is 6.01. The molecule has 104 valence electrons. The molecule has 1 aromatic heterocycles. The Bertz CT molecular complexity index is 651. The Morgan fingerprint density at radius 1 is 1.60 bits per heavy atom. The van der Waals surface area contributed by atoms with E-state index in [0.717, 1.165) is 0 Å². The highest BCUT2D eigenvalue weighted by Gasteiger charge is 2.67. The topological polar surface area (TPSA) is 92.9 Å². The van der Waals surface area contributed by atoms with Crippen LogP contribution in [0.1, 0.15) is 5.76 Å². The van der Waals surface area contributed by atoms with E-state index in [9.17, 15) is 14.7 Å². The molecule has 7 heteroatoms. The van der Waals surface area contributed by atoms with E-state index in [-0.39, 0.29) is 12.5 Å². The van der Waals surface area contributed by atoms with Crippen LogP contribution >= 0.6 is 0 Å². The van der Waals surface area contributed by atoms with Crippen molar-refractivity contribution in [2.75, 3.05) is 11.4 Å². The number of rotatable bonds is 2. The number of fused-ring (bicyclic) bond motifs is 1. The zero-order valence-electron chi connectivity index (χ0n) is 10.6. The van der Waals surface area contributed by atoms with Gasteiger partial charge in [0.15, 0.2) is 5.82 Å². The van der Waals surface area contributed by atoms with Crippen molar-refractivity contribution in [2.45, 2.75) is 18.6 Å². The predicted molar refractivity (Wildman–Crippen MR) is 65.0 cm³/mol. The molecule has 2 saturated heterocycles. The average Bonchev–Trinajstić information content (AvgIpc) is 3.10. The van der Waals surface area contributed by atoms with Crippen LogP contribution in [0.3, 0.4) is 0 Å². The lowest BCUT2D eigenvalue weighted by Gasteiger charge is -2.21. The molecule has 2 bridgehead atoms. The Balaban J connectivity index is 1.75. The number of aryl methyl sites for hydroxylation is 1. The minimum atomic E-state index is -1.00. The van der Waals surface area contributed by atoms with Gasteiger partial charge in [-0.25, -0.2) is 0 Å². The predicted octanol–water partition coefficient (Wildman–Crippen LogP) is 0.354. The number of aliphatic carboxylic acids is 1. The SMILES string of the molecule is Cc1cc(N2C[C@@]34C=C[C@H](O3)[C@@H](C(=O)O)[C@@H]4C2=O)no1. The first kappa shape index (κ1) is 11.7. The van der Waals surface area contributed by atoms with Crippen molar-refractivity contribution in [1.82, 2.24) is 5.16 Å². The van der Waals surface area contributed by atoms with Crippen LogP contribution in [0.2, 0.25) is 0 Å². The zero-order valence-corrected chi connectivity index (χ0v) is 10.6. The van der Waals surface area contributed by atoms with E-state index in [1.165, 1.54) is 4.90 Å². The van der Waals surface area contributed by atoms with Gasteiger partial charge in [-0.3, -0.25) is 14.5 Å². The fraction of sp³-hybridized carbons (Fsp3) is 0.462. The lowest BCUT2D eigenvalue weighted by Crippen LogP contribution is -2.39. The molecule has 4 heterocycles. The molecule has 0 aliphatic carbocycles. The first-order valence-corrected chi connectivity index (χ1v) is 6.36. The van der Waals surface area contributed by atoms with Crippen LogP contribution in [0.15, 0.2) is 22.7 Å². The molecule has 1 N–H and O–H groups in total. The Morgan fingerprint density at radius 3 is 3.05 bits per heavy atom. The summed E-state index contributed by atoms with van der Waals surface area (Å²) >= 11 is 0. The summed E-state index contributed by atoms with van der Waals surface area (Å²) < 4.78 is 10.8. The highest BCUT2D eigenvalue weighted by Crippen LogP contribution is 2.52. The normalized spacial score (nSPS) is 37.8. The maximum atomic E-state index is 12.6. The van der Waals surface area contributed by atoms with Crippen molar-refractivity contribution < 1.29 is 24.0 Å². The van der Waals surface area contributed by atoms with E-state index in [4.69, 9.17) is 9.26 Å². The molecule has 20 heavy (non-hydrogen) atoms. The van der Waals surface area contributed by atoms with Gasteiger partial charge in [0.2, 0.25) is 5.91 Å². The second kappa shape index (κ2) is 3.49. The van der Waals surface area contributed by atoms with E-state index in [2.05, 4.69) is 5.16 Å². The Hall–Kier alpha value is -2.15. The first-order chi connectivity index (χ1) is 9.52. The van der Waals surface area contributed by atoms with Crippen molar-refractivity contribution in [3.63, 3.8) is 0 Å². The van der Waals surface area contributed by atoms with Gasteiger partial charge in [-0.15, -0.1) is 0 Å². The van der Waals surface area contributed by atoms with Crippen molar-refractivity contribution in [1.29, 1.82) is 0 Å². The molecular weight excluding hydrogens is 264 g/mol. The Labute approximate surface area is 113 Å². The van der Waals surface area contributed by atoms with Crippen LogP contribution < -0.4 is 4.90 Å². The standard InChI is InChI=1S/C13H12N2O5/c1-6-4-8(14-20-6)15-5-13-3-2-7(19-13)9(12(17)18)10(13)11(15)16/h2-4,7,9-10H,5H2,1H3,(H,17,18)/t7-,9+,10+,13+/m0/s1. The summed E-state index contributed by atoms with van der Waals surface area (Å²) in [5, 5.41) is 13.2. The monoisotopic (exact) mass is 276 g/mol. The first-order valence-electron chi connectivity index (χ1n) is 6.36. The third-order valence-corrected chi connectivity index (χ3v) is 4.28. The van der Waals surface area contributed by atoms with Gasteiger partial charge in [-0.05, 0) is 6.92 Å². The molecule has 1 aromatic rings. The molecule has 0 unspecified atom stereocenters. The van der Waals surface area contributed by atoms with E-state index in [0.29, 0.717) is 11.6 Å². The number of nitrogens with zero attached hydrogens (tertiary/aromatic N) is 2. The number of carbonyl (C=O) groups excluding carboxylic acids is 1. The average molecular weight is 276 g/mol. The largest absolute Gasteiger partial charge is 0.481 e. The molecule has 0 radical (unpaired) electrons. The fourth-order valence-electron chi connectivity index (χ4n) is 3.45. The molecule has 7 nitrogen and oxygen atoms in total. The second-order valence-electron chi connectivity index (χ2n) is 5.46. The summed E-state index contributed by atoms with van der Waals surface area (Å²) in [6.45, 7) is 2.01. The van der Waals surface area contributed by atoms with Crippen molar-refractivity contribution in [3.8, 4) is 0 Å². The number of amides is 1. The third-order valence-electron chi connectivity index (χ3n) is 4.28. The van der Waals surface area contributed by atoms with Crippen LogP contribution in [0.5, 0.6) is 0 Å². The summed E-state index contributed by atoms with van der Waals surface area (Å²) in [5.41, 5.74) is -0.836. The number of hydrogen-bond donors (Lipinski definition) is 1. The highest BCUT2D eigenvalue weighted by atomic mass is 16.5. The van der Waals surface area contributed by atoms with E-state index in [1.54, 1.807) is 19.1 Å². The maximum Gasteiger partial charge on any atom is 0.310 e. The van der Waals surface area contributed by atoms with Crippen LogP contribution in [-0.2, 0) is 14.3 Å². The van der Waals surface area contributed by atoms with E-state index < -0.39 is 29.5 Å². The van der Waals surface area contributed by atoms with Crippen LogP contribution in [0, 0.1) is 18.8 Å². The minimum Gasteiger partial charge on any atom is -0.481 e. The van der Waals surface area contributed by atoms with Gasteiger partial charge < -0.3 is 14.4 Å².